The van der Waals surface area contributed by atoms with Gasteiger partial charge in [0.1, 0.15) is 0 Å². The Kier molecular flexibility index (Phi) is 5.07. The molecule has 2 rings (SSSR count). The first kappa shape index (κ1) is 17.4. The molecule has 0 aliphatic rings. The summed E-state index contributed by atoms with van der Waals surface area (Å²) in [7, 11) is -3.10. The first-order chi connectivity index (χ1) is 10.8. The van der Waals surface area contributed by atoms with E-state index in [0.29, 0.717) is 6.42 Å². The zero-order valence-electron chi connectivity index (χ0n) is 13.9. The molecule has 0 radical (unpaired) electrons. The standard InChI is InChI=1S/C19H24O3Si/c1-15(18(20)21)14-19(2,3)23(22,16-10-6-4-7-11-16)17-12-8-5-9-13-17/h4-13,15,22H,14H2,1-3H3,(H,20,21)/t15-/m0/s1. The van der Waals surface area contributed by atoms with Crippen LogP contribution in [0, 0.1) is 5.92 Å². The molecule has 4 heteroatoms. The van der Waals surface area contributed by atoms with E-state index in [9.17, 15) is 14.7 Å². The zero-order chi connectivity index (χ0) is 17.1. The minimum Gasteiger partial charge on any atom is -0.481 e. The summed E-state index contributed by atoms with van der Waals surface area (Å²) in [5.41, 5.74) is 0. The monoisotopic (exact) mass is 328 g/mol. The Morgan fingerprint density at radius 1 is 1.00 bits per heavy atom. The molecule has 0 spiro atoms. The summed E-state index contributed by atoms with van der Waals surface area (Å²) < 4.78 is 0. The van der Waals surface area contributed by atoms with Crippen molar-refractivity contribution in [3.63, 3.8) is 0 Å². The van der Waals surface area contributed by atoms with Crippen LogP contribution in [0.15, 0.2) is 60.7 Å². The molecule has 0 aliphatic heterocycles. The van der Waals surface area contributed by atoms with E-state index in [-0.39, 0.29) is 0 Å². The molecule has 0 saturated carbocycles. The van der Waals surface area contributed by atoms with Gasteiger partial charge in [-0.1, -0.05) is 81.4 Å². The largest absolute Gasteiger partial charge is 0.481 e. The van der Waals surface area contributed by atoms with Crippen molar-refractivity contribution in [2.24, 2.45) is 5.92 Å². The van der Waals surface area contributed by atoms with Gasteiger partial charge in [0.25, 0.3) is 8.32 Å². The maximum absolute atomic E-state index is 11.9. The second-order valence-corrected chi connectivity index (χ2v) is 10.7. The van der Waals surface area contributed by atoms with E-state index in [2.05, 4.69) is 0 Å². The predicted molar refractivity (Wildman–Crippen MR) is 95.6 cm³/mol. The van der Waals surface area contributed by atoms with Crippen molar-refractivity contribution in [3.8, 4) is 0 Å². The molecule has 0 fully saturated rings. The highest BCUT2D eigenvalue weighted by molar-refractivity contribution is 6.98. The molecule has 0 bridgehead atoms. The number of hydrogen-bond donors (Lipinski definition) is 2. The Morgan fingerprint density at radius 2 is 1.39 bits per heavy atom. The van der Waals surface area contributed by atoms with Crippen LogP contribution in [-0.2, 0) is 4.79 Å². The van der Waals surface area contributed by atoms with Crippen molar-refractivity contribution in [2.45, 2.75) is 32.2 Å². The molecule has 0 unspecified atom stereocenters. The first-order valence-corrected chi connectivity index (χ1v) is 9.80. The summed E-state index contributed by atoms with van der Waals surface area (Å²) in [5.74, 6) is -1.33. The number of rotatable bonds is 6. The maximum Gasteiger partial charge on any atom is 0.306 e. The van der Waals surface area contributed by atoms with E-state index in [4.69, 9.17) is 0 Å². The third kappa shape index (κ3) is 3.38. The predicted octanol–water partition coefficient (Wildman–Crippen LogP) is 2.63. The Morgan fingerprint density at radius 3 is 1.74 bits per heavy atom. The van der Waals surface area contributed by atoms with Crippen molar-refractivity contribution >= 4 is 24.7 Å². The van der Waals surface area contributed by atoms with E-state index < -0.39 is 25.2 Å². The highest BCUT2D eigenvalue weighted by Gasteiger charge is 2.50. The van der Waals surface area contributed by atoms with Crippen LogP contribution in [0.3, 0.4) is 0 Å². The Labute approximate surface area is 138 Å². The van der Waals surface area contributed by atoms with Gasteiger partial charge in [0.15, 0.2) is 0 Å². The lowest BCUT2D eigenvalue weighted by Gasteiger charge is -2.42. The molecule has 122 valence electrons. The minimum atomic E-state index is -3.10. The molecule has 2 aromatic rings. The van der Waals surface area contributed by atoms with Gasteiger partial charge in [-0.05, 0) is 21.8 Å². The lowest BCUT2D eigenvalue weighted by molar-refractivity contribution is -0.141. The number of hydrogen-bond acceptors (Lipinski definition) is 2. The number of carboxylic acids is 1. The summed E-state index contributed by atoms with van der Waals surface area (Å²) >= 11 is 0. The molecule has 0 amide bonds. The van der Waals surface area contributed by atoms with Crippen LogP contribution in [0.4, 0.5) is 0 Å². The summed E-state index contributed by atoms with van der Waals surface area (Å²) in [6.45, 7) is 5.67. The van der Waals surface area contributed by atoms with Crippen LogP contribution >= 0.6 is 0 Å². The van der Waals surface area contributed by atoms with E-state index in [1.54, 1.807) is 6.92 Å². The fraction of sp³-hybridized carbons (Fsp3) is 0.316. The van der Waals surface area contributed by atoms with Crippen molar-refractivity contribution in [3.05, 3.63) is 60.7 Å². The first-order valence-electron chi connectivity index (χ1n) is 7.85. The third-order valence-electron chi connectivity index (χ3n) is 4.60. The third-order valence-corrected chi connectivity index (χ3v) is 9.10. The number of benzene rings is 2. The molecule has 0 aromatic heterocycles. The fourth-order valence-electron chi connectivity index (χ4n) is 3.31. The van der Waals surface area contributed by atoms with Crippen LogP contribution in [0.2, 0.25) is 5.04 Å². The Balaban J connectivity index is 2.56. The van der Waals surface area contributed by atoms with Gasteiger partial charge in [0.2, 0.25) is 0 Å². The van der Waals surface area contributed by atoms with Gasteiger partial charge in [-0.25, -0.2) is 0 Å². The molecule has 1 atom stereocenters. The highest BCUT2D eigenvalue weighted by atomic mass is 28.4. The van der Waals surface area contributed by atoms with Gasteiger partial charge in [-0.2, -0.15) is 0 Å². The summed E-state index contributed by atoms with van der Waals surface area (Å²) in [6.07, 6.45) is 0.425. The molecule has 0 heterocycles. The van der Waals surface area contributed by atoms with Crippen LogP contribution in [0.5, 0.6) is 0 Å². The molecular weight excluding hydrogens is 304 g/mol. The summed E-state index contributed by atoms with van der Waals surface area (Å²) in [6, 6.07) is 19.4. The van der Waals surface area contributed by atoms with Crippen molar-refractivity contribution in [2.75, 3.05) is 0 Å². The molecule has 2 N–H and O–H groups in total. The second-order valence-electron chi connectivity index (χ2n) is 6.77. The normalized spacial score (nSPS) is 13.6. The van der Waals surface area contributed by atoms with Crippen molar-refractivity contribution in [1.29, 1.82) is 0 Å². The van der Waals surface area contributed by atoms with E-state index in [1.165, 1.54) is 0 Å². The van der Waals surface area contributed by atoms with Crippen molar-refractivity contribution in [1.82, 2.24) is 0 Å². The van der Waals surface area contributed by atoms with Gasteiger partial charge in [0, 0.05) is 0 Å². The van der Waals surface area contributed by atoms with Crippen molar-refractivity contribution < 1.29 is 14.7 Å². The molecular formula is C19H24O3Si. The zero-order valence-corrected chi connectivity index (χ0v) is 14.9. The molecule has 0 aliphatic carbocycles. The molecule has 3 nitrogen and oxygen atoms in total. The molecule has 2 aromatic carbocycles. The van der Waals surface area contributed by atoms with Gasteiger partial charge in [0.05, 0.1) is 5.92 Å². The Hall–Kier alpha value is -1.91. The van der Waals surface area contributed by atoms with Crippen LogP contribution < -0.4 is 10.4 Å². The van der Waals surface area contributed by atoms with Crippen LogP contribution in [0.25, 0.3) is 0 Å². The SMILES string of the molecule is C[C@@H](CC(C)(C)[Si](O)(c1ccccc1)c1ccccc1)C(=O)O. The van der Waals surface area contributed by atoms with E-state index in [1.807, 2.05) is 74.5 Å². The Bertz CT molecular complexity index is 613. The lowest BCUT2D eigenvalue weighted by atomic mass is 9.98. The van der Waals surface area contributed by atoms with Crippen LogP contribution in [-0.4, -0.2) is 24.2 Å². The topological polar surface area (TPSA) is 57.5 Å². The second kappa shape index (κ2) is 6.68. The quantitative estimate of drug-likeness (QED) is 0.802. The number of aliphatic carboxylic acids is 1. The summed E-state index contributed by atoms with van der Waals surface area (Å²) in [4.78, 5) is 23.2. The van der Waals surface area contributed by atoms with Gasteiger partial charge in [-0.15, -0.1) is 0 Å². The smallest absolute Gasteiger partial charge is 0.306 e. The average molecular weight is 328 g/mol. The molecule has 23 heavy (non-hydrogen) atoms. The van der Waals surface area contributed by atoms with E-state index >= 15 is 0 Å². The van der Waals surface area contributed by atoms with Crippen LogP contribution in [0.1, 0.15) is 27.2 Å². The van der Waals surface area contributed by atoms with Gasteiger partial charge < -0.3 is 9.90 Å². The maximum atomic E-state index is 11.9. The van der Waals surface area contributed by atoms with E-state index in [0.717, 1.165) is 10.4 Å². The van der Waals surface area contributed by atoms with Gasteiger partial charge >= 0.3 is 5.97 Å². The number of carboxylic acid groups (broad SMARTS) is 1. The summed E-state index contributed by atoms with van der Waals surface area (Å²) in [5, 5.41) is 10.6. The minimum absolute atomic E-state index is 0.425. The highest BCUT2D eigenvalue weighted by Crippen LogP contribution is 2.41. The fourth-order valence-corrected chi connectivity index (χ4v) is 7.15. The molecule has 0 saturated heterocycles. The number of carbonyl (C=O) groups is 1. The van der Waals surface area contributed by atoms with Gasteiger partial charge in [-0.3, -0.25) is 4.79 Å². The average Bonchev–Trinajstić information content (AvgIpc) is 2.55. The lowest BCUT2D eigenvalue weighted by Crippen LogP contribution is -2.65.